The normalized spacial score (nSPS) is 13.1. The van der Waals surface area contributed by atoms with Crippen LogP contribution in [0.3, 0.4) is 0 Å². The third-order valence-electron chi connectivity index (χ3n) is 10.6. The van der Waals surface area contributed by atoms with Crippen molar-refractivity contribution in [3.63, 3.8) is 0 Å². The second-order valence-corrected chi connectivity index (χ2v) is 13.4. The molecule has 2 aliphatic carbocycles. The molecule has 0 saturated carbocycles. The SMILES string of the molecule is Cc1ccc(-c2cc(-c3ccccc3)nc(-c3ccc4c(c3)C3(c5ccccc5-c5ccccc5-4)c4ccccc4-c4ccccc43)n2)cc1. The average Bonchev–Trinajstić information content (AvgIpc) is 3.43. The van der Waals surface area contributed by atoms with Crippen LogP contribution < -0.4 is 0 Å². The van der Waals surface area contributed by atoms with Gasteiger partial charge in [0.25, 0.3) is 0 Å². The zero-order chi connectivity index (χ0) is 33.2. The Hall–Kier alpha value is -6.38. The highest BCUT2D eigenvalue weighted by Gasteiger charge is 2.49. The molecule has 8 aromatic rings. The first-order chi connectivity index (χ1) is 24.7. The van der Waals surface area contributed by atoms with E-state index < -0.39 is 5.41 Å². The Morgan fingerprint density at radius 2 is 0.760 bits per heavy atom. The quantitative estimate of drug-likeness (QED) is 0.193. The lowest BCUT2D eigenvalue weighted by Crippen LogP contribution is -2.29. The van der Waals surface area contributed by atoms with E-state index in [9.17, 15) is 0 Å². The van der Waals surface area contributed by atoms with Crippen molar-refractivity contribution in [2.45, 2.75) is 12.3 Å². The highest BCUT2D eigenvalue weighted by molar-refractivity contribution is 5.97. The highest BCUT2D eigenvalue weighted by atomic mass is 14.9. The van der Waals surface area contributed by atoms with Crippen LogP contribution in [0.2, 0.25) is 0 Å². The molecule has 0 unspecified atom stereocenters. The Morgan fingerprint density at radius 3 is 1.32 bits per heavy atom. The standard InChI is InChI=1S/C48H32N2/c1-31-23-25-33(26-24-31)46-30-45(32-13-3-2-4-14-32)49-47(50-46)34-27-28-40-36-16-6-5-15-35(36)37-17-7-10-20-41(37)48(44(40)29-34)42-21-11-8-18-38(42)39-19-9-12-22-43(39)48/h2-30H,1H3. The Labute approximate surface area is 292 Å². The molecule has 7 aromatic carbocycles. The van der Waals surface area contributed by atoms with Gasteiger partial charge in [0.05, 0.1) is 16.8 Å². The van der Waals surface area contributed by atoms with E-state index in [1.165, 1.54) is 61.2 Å². The summed E-state index contributed by atoms with van der Waals surface area (Å²) < 4.78 is 0. The number of fused-ring (bicyclic) bond motifs is 12. The molecule has 0 saturated heterocycles. The molecule has 10 rings (SSSR count). The van der Waals surface area contributed by atoms with Crippen LogP contribution >= 0.6 is 0 Å². The lowest BCUT2D eigenvalue weighted by atomic mass is 9.65. The first-order valence-corrected chi connectivity index (χ1v) is 17.3. The maximum Gasteiger partial charge on any atom is 0.160 e. The summed E-state index contributed by atoms with van der Waals surface area (Å²) in [5, 5.41) is 0. The molecule has 2 aliphatic rings. The Bertz CT molecular complexity index is 2550. The van der Waals surface area contributed by atoms with Crippen LogP contribution in [-0.4, -0.2) is 9.97 Å². The number of hydrogen-bond acceptors (Lipinski definition) is 2. The fourth-order valence-corrected chi connectivity index (χ4v) is 8.39. The second-order valence-electron chi connectivity index (χ2n) is 13.4. The maximum atomic E-state index is 5.28. The number of aryl methyl sites for hydroxylation is 1. The van der Waals surface area contributed by atoms with Crippen LogP contribution in [0.25, 0.3) is 67.3 Å². The fraction of sp³-hybridized carbons (Fsp3) is 0.0417. The van der Waals surface area contributed by atoms with Gasteiger partial charge in [-0.3, -0.25) is 0 Å². The maximum absolute atomic E-state index is 5.28. The predicted octanol–water partition coefficient (Wildman–Crippen LogP) is 11.8. The van der Waals surface area contributed by atoms with Crippen molar-refractivity contribution in [3.05, 3.63) is 204 Å². The zero-order valence-electron chi connectivity index (χ0n) is 27.6. The third-order valence-corrected chi connectivity index (χ3v) is 10.6. The molecule has 50 heavy (non-hydrogen) atoms. The van der Waals surface area contributed by atoms with Gasteiger partial charge in [0.2, 0.25) is 0 Å². The van der Waals surface area contributed by atoms with E-state index in [2.05, 4.69) is 177 Å². The van der Waals surface area contributed by atoms with Gasteiger partial charge in [-0.05, 0) is 74.7 Å². The first kappa shape index (κ1) is 28.6. The smallest absolute Gasteiger partial charge is 0.160 e. The van der Waals surface area contributed by atoms with Gasteiger partial charge in [-0.1, -0.05) is 169 Å². The Morgan fingerprint density at radius 1 is 0.340 bits per heavy atom. The summed E-state index contributed by atoms with van der Waals surface area (Å²) in [5.41, 5.74) is 18.3. The molecule has 0 aliphatic heterocycles. The van der Waals surface area contributed by atoms with Crippen molar-refractivity contribution in [1.82, 2.24) is 9.97 Å². The lowest BCUT2D eigenvalue weighted by molar-refractivity contribution is 0.775. The molecule has 0 amide bonds. The van der Waals surface area contributed by atoms with Gasteiger partial charge in [0.15, 0.2) is 5.82 Å². The molecular formula is C48H32N2. The van der Waals surface area contributed by atoms with Crippen molar-refractivity contribution < 1.29 is 0 Å². The predicted molar refractivity (Wildman–Crippen MR) is 205 cm³/mol. The fourth-order valence-electron chi connectivity index (χ4n) is 8.39. The number of rotatable bonds is 3. The van der Waals surface area contributed by atoms with Crippen molar-refractivity contribution in [3.8, 4) is 67.3 Å². The largest absolute Gasteiger partial charge is 0.228 e. The summed E-state index contributed by atoms with van der Waals surface area (Å²) in [5.74, 6) is 0.713. The van der Waals surface area contributed by atoms with Gasteiger partial charge < -0.3 is 0 Å². The molecule has 234 valence electrons. The van der Waals surface area contributed by atoms with Crippen LogP contribution in [0.15, 0.2) is 176 Å². The van der Waals surface area contributed by atoms with Crippen molar-refractivity contribution in [1.29, 1.82) is 0 Å². The zero-order valence-corrected chi connectivity index (χ0v) is 27.6. The van der Waals surface area contributed by atoms with Crippen LogP contribution in [-0.2, 0) is 5.41 Å². The van der Waals surface area contributed by atoms with E-state index in [0.717, 1.165) is 28.1 Å². The van der Waals surface area contributed by atoms with Crippen molar-refractivity contribution in [2.24, 2.45) is 0 Å². The minimum absolute atomic E-state index is 0.551. The molecule has 1 heterocycles. The first-order valence-electron chi connectivity index (χ1n) is 17.3. The molecule has 0 atom stereocenters. The van der Waals surface area contributed by atoms with Gasteiger partial charge in [-0.2, -0.15) is 0 Å². The van der Waals surface area contributed by atoms with E-state index >= 15 is 0 Å². The summed E-state index contributed by atoms with van der Waals surface area (Å²) in [4.78, 5) is 10.6. The van der Waals surface area contributed by atoms with Crippen LogP contribution in [0.1, 0.15) is 27.8 Å². The summed E-state index contributed by atoms with van der Waals surface area (Å²) in [6.45, 7) is 2.12. The molecule has 0 fully saturated rings. The minimum Gasteiger partial charge on any atom is -0.228 e. The van der Waals surface area contributed by atoms with Crippen LogP contribution in [0, 0.1) is 6.92 Å². The molecule has 0 radical (unpaired) electrons. The Kier molecular flexibility index (Phi) is 6.34. The molecule has 0 bridgehead atoms. The molecule has 2 heteroatoms. The van der Waals surface area contributed by atoms with E-state index in [-0.39, 0.29) is 0 Å². The van der Waals surface area contributed by atoms with E-state index in [4.69, 9.17) is 9.97 Å². The molecule has 2 nitrogen and oxygen atoms in total. The summed E-state index contributed by atoms with van der Waals surface area (Å²) in [6.07, 6.45) is 0. The summed E-state index contributed by atoms with van der Waals surface area (Å²) >= 11 is 0. The highest BCUT2D eigenvalue weighted by Crippen LogP contribution is 2.61. The van der Waals surface area contributed by atoms with Crippen molar-refractivity contribution >= 4 is 0 Å². The summed E-state index contributed by atoms with van der Waals surface area (Å²) in [7, 11) is 0. The van der Waals surface area contributed by atoms with E-state index in [0.29, 0.717) is 5.82 Å². The topological polar surface area (TPSA) is 25.8 Å². The second kappa shape index (κ2) is 11.1. The van der Waals surface area contributed by atoms with Gasteiger partial charge in [0, 0.05) is 16.7 Å². The van der Waals surface area contributed by atoms with Gasteiger partial charge >= 0.3 is 0 Å². The molecular weight excluding hydrogens is 605 g/mol. The van der Waals surface area contributed by atoms with E-state index in [1.807, 2.05) is 6.07 Å². The monoisotopic (exact) mass is 636 g/mol. The third kappa shape index (κ3) is 4.15. The molecule has 1 spiro atoms. The van der Waals surface area contributed by atoms with Gasteiger partial charge in [-0.15, -0.1) is 0 Å². The summed E-state index contributed by atoms with van der Waals surface area (Å²) in [6, 6.07) is 63.9. The Balaban J connectivity index is 1.31. The number of hydrogen-bond donors (Lipinski definition) is 0. The number of aromatic nitrogens is 2. The van der Waals surface area contributed by atoms with E-state index in [1.54, 1.807) is 0 Å². The molecule has 0 N–H and O–H groups in total. The number of benzene rings is 7. The molecule has 1 aromatic heterocycles. The van der Waals surface area contributed by atoms with Gasteiger partial charge in [0.1, 0.15) is 0 Å². The van der Waals surface area contributed by atoms with Crippen LogP contribution in [0.5, 0.6) is 0 Å². The minimum atomic E-state index is -0.551. The van der Waals surface area contributed by atoms with Crippen molar-refractivity contribution in [2.75, 3.05) is 0 Å². The average molecular weight is 637 g/mol. The van der Waals surface area contributed by atoms with Gasteiger partial charge in [-0.25, -0.2) is 9.97 Å². The van der Waals surface area contributed by atoms with Crippen LogP contribution in [0.4, 0.5) is 0 Å². The lowest BCUT2D eigenvalue weighted by Gasteiger charge is -2.35. The number of nitrogens with zero attached hydrogens (tertiary/aromatic N) is 2.